The molecule has 1 unspecified atom stereocenters. The van der Waals surface area contributed by atoms with Crippen LogP contribution in [0.4, 0.5) is 0 Å². The molecule has 4 rings (SSSR count). The summed E-state index contributed by atoms with van der Waals surface area (Å²) in [4.78, 5) is 2.38. The molecule has 0 spiro atoms. The Bertz CT molecular complexity index is 1170. The lowest BCUT2D eigenvalue weighted by atomic mass is 9.79. The topological polar surface area (TPSA) is 80.7 Å². The van der Waals surface area contributed by atoms with E-state index in [1.165, 1.54) is 0 Å². The van der Waals surface area contributed by atoms with E-state index in [9.17, 15) is 5.26 Å². The molecule has 0 aliphatic carbocycles. The van der Waals surface area contributed by atoms with Crippen LogP contribution in [-0.4, -0.2) is 38.8 Å². The predicted molar refractivity (Wildman–Crippen MR) is 128 cm³/mol. The largest absolute Gasteiger partial charge is 0.496 e. The first kappa shape index (κ1) is 22.5. The van der Waals surface area contributed by atoms with Crippen molar-refractivity contribution in [3.05, 3.63) is 88.0 Å². The number of nitrogens with zero attached hydrogens (tertiary/aromatic N) is 2. The fourth-order valence-corrected chi connectivity index (χ4v) is 4.65. The molecule has 0 aromatic heterocycles. The van der Waals surface area contributed by atoms with Gasteiger partial charge in [0.25, 0.3) is 0 Å². The zero-order valence-corrected chi connectivity index (χ0v) is 19.3. The molecule has 0 bridgehead atoms. The molecule has 170 valence electrons. The summed E-state index contributed by atoms with van der Waals surface area (Å²) in [5, 5.41) is 10.0. The second-order valence-corrected chi connectivity index (χ2v) is 8.14. The molecule has 2 aliphatic heterocycles. The van der Waals surface area contributed by atoms with Gasteiger partial charge in [-0.25, -0.2) is 0 Å². The van der Waals surface area contributed by atoms with Crippen molar-refractivity contribution in [2.24, 2.45) is 5.73 Å². The van der Waals surface area contributed by atoms with E-state index in [-0.39, 0.29) is 11.8 Å². The van der Waals surface area contributed by atoms with Gasteiger partial charge in [-0.1, -0.05) is 43.3 Å². The molecule has 0 radical (unpaired) electrons. The summed E-state index contributed by atoms with van der Waals surface area (Å²) in [5.41, 5.74) is 10.6. The average molecular weight is 444 g/mol. The quantitative estimate of drug-likeness (QED) is 0.704. The number of hydrogen-bond donors (Lipinski definition) is 1. The van der Waals surface area contributed by atoms with Gasteiger partial charge in [0, 0.05) is 29.8 Å². The first-order valence-corrected chi connectivity index (χ1v) is 11.1. The predicted octanol–water partition coefficient (Wildman–Crippen LogP) is 4.57. The van der Waals surface area contributed by atoms with Crippen LogP contribution in [-0.2, 0) is 4.74 Å². The van der Waals surface area contributed by atoms with E-state index < -0.39 is 0 Å². The van der Waals surface area contributed by atoms with Crippen molar-refractivity contribution in [2.45, 2.75) is 19.3 Å². The Balaban J connectivity index is 1.92. The average Bonchev–Trinajstić information content (AvgIpc) is 2.84. The summed E-state index contributed by atoms with van der Waals surface area (Å²) in [5.74, 6) is 2.05. The number of rotatable bonds is 6. The molecule has 2 N–H and O–H groups in total. The van der Waals surface area contributed by atoms with Crippen molar-refractivity contribution >= 4 is 6.08 Å². The lowest BCUT2D eigenvalue weighted by molar-refractivity contribution is 0.233. The minimum atomic E-state index is -0.337. The SMILES string of the molecule is CCCN1CC2=C(OC(N)=C(C#N)C2c2ccccc2OC)/C(=C/c2ccccc2OC)C1. The van der Waals surface area contributed by atoms with Crippen LogP contribution >= 0.6 is 0 Å². The van der Waals surface area contributed by atoms with Crippen molar-refractivity contribution in [1.29, 1.82) is 5.26 Å². The minimum Gasteiger partial charge on any atom is -0.496 e. The molecule has 2 aliphatic rings. The van der Waals surface area contributed by atoms with Gasteiger partial charge >= 0.3 is 0 Å². The van der Waals surface area contributed by atoms with Crippen molar-refractivity contribution < 1.29 is 14.2 Å². The Morgan fingerprint density at radius 2 is 1.79 bits per heavy atom. The Morgan fingerprint density at radius 3 is 2.48 bits per heavy atom. The zero-order valence-electron chi connectivity index (χ0n) is 19.3. The van der Waals surface area contributed by atoms with Crippen molar-refractivity contribution in [1.82, 2.24) is 4.90 Å². The summed E-state index contributed by atoms with van der Waals surface area (Å²) < 4.78 is 17.4. The third kappa shape index (κ3) is 4.33. The molecule has 6 heteroatoms. The molecular weight excluding hydrogens is 414 g/mol. The van der Waals surface area contributed by atoms with Gasteiger partial charge in [-0.3, -0.25) is 4.90 Å². The van der Waals surface area contributed by atoms with Crippen molar-refractivity contribution in [2.75, 3.05) is 33.9 Å². The molecule has 1 atom stereocenters. The van der Waals surface area contributed by atoms with Gasteiger partial charge in [-0.2, -0.15) is 5.26 Å². The maximum atomic E-state index is 10.0. The van der Waals surface area contributed by atoms with E-state index in [4.69, 9.17) is 19.9 Å². The highest BCUT2D eigenvalue weighted by atomic mass is 16.5. The number of hydrogen-bond acceptors (Lipinski definition) is 6. The highest BCUT2D eigenvalue weighted by Gasteiger charge is 2.38. The Kier molecular flexibility index (Phi) is 6.71. The van der Waals surface area contributed by atoms with E-state index >= 15 is 0 Å². The number of allylic oxidation sites excluding steroid dienone is 1. The molecule has 2 aromatic carbocycles. The minimum absolute atomic E-state index is 0.141. The Morgan fingerprint density at radius 1 is 1.09 bits per heavy atom. The van der Waals surface area contributed by atoms with Gasteiger partial charge in [-0.05, 0) is 36.7 Å². The number of ether oxygens (including phenoxy) is 3. The number of nitrogens with two attached hydrogens (primary N) is 1. The van der Waals surface area contributed by atoms with Gasteiger partial charge < -0.3 is 19.9 Å². The summed E-state index contributed by atoms with van der Waals surface area (Å²) in [6.07, 6.45) is 3.12. The number of methoxy groups -OCH3 is 2. The van der Waals surface area contributed by atoms with Crippen LogP contribution < -0.4 is 15.2 Å². The van der Waals surface area contributed by atoms with Gasteiger partial charge in [-0.15, -0.1) is 0 Å². The molecule has 0 saturated carbocycles. The summed E-state index contributed by atoms with van der Waals surface area (Å²) in [6, 6.07) is 18.0. The first-order chi connectivity index (χ1) is 16.1. The summed E-state index contributed by atoms with van der Waals surface area (Å²) in [6.45, 7) is 4.51. The van der Waals surface area contributed by atoms with E-state index in [1.54, 1.807) is 14.2 Å². The Hall–Kier alpha value is -3.69. The summed E-state index contributed by atoms with van der Waals surface area (Å²) in [7, 11) is 3.31. The van der Waals surface area contributed by atoms with E-state index in [2.05, 4.69) is 24.0 Å². The second-order valence-electron chi connectivity index (χ2n) is 8.14. The van der Waals surface area contributed by atoms with Crippen LogP contribution in [0.25, 0.3) is 6.08 Å². The lowest BCUT2D eigenvalue weighted by Crippen LogP contribution is -2.38. The molecule has 6 nitrogen and oxygen atoms in total. The van der Waals surface area contributed by atoms with Crippen LogP contribution in [0.3, 0.4) is 0 Å². The Labute approximate surface area is 195 Å². The highest BCUT2D eigenvalue weighted by Crippen LogP contribution is 2.46. The normalized spacial score (nSPS) is 19.7. The smallest absolute Gasteiger partial charge is 0.205 e. The number of benzene rings is 2. The molecule has 2 aromatic rings. The molecule has 0 fully saturated rings. The lowest BCUT2D eigenvalue weighted by Gasteiger charge is -2.38. The van der Waals surface area contributed by atoms with Gasteiger partial charge in [0.15, 0.2) is 0 Å². The first-order valence-electron chi connectivity index (χ1n) is 11.1. The molecule has 33 heavy (non-hydrogen) atoms. The second kappa shape index (κ2) is 9.85. The van der Waals surface area contributed by atoms with E-state index in [0.717, 1.165) is 59.0 Å². The number of para-hydroxylation sites is 2. The third-order valence-corrected chi connectivity index (χ3v) is 6.06. The highest BCUT2D eigenvalue weighted by molar-refractivity contribution is 5.66. The fraction of sp³-hybridized carbons (Fsp3) is 0.296. The van der Waals surface area contributed by atoms with Crippen LogP contribution in [0.5, 0.6) is 11.5 Å². The summed E-state index contributed by atoms with van der Waals surface area (Å²) >= 11 is 0. The van der Waals surface area contributed by atoms with Crippen molar-refractivity contribution in [3.63, 3.8) is 0 Å². The zero-order chi connectivity index (χ0) is 23.4. The maximum absolute atomic E-state index is 10.0. The van der Waals surface area contributed by atoms with Gasteiger partial charge in [0.1, 0.15) is 28.9 Å². The van der Waals surface area contributed by atoms with Gasteiger partial charge in [0.05, 0.1) is 20.1 Å². The molecule has 2 heterocycles. The molecule has 0 amide bonds. The van der Waals surface area contributed by atoms with Crippen molar-refractivity contribution in [3.8, 4) is 17.6 Å². The van der Waals surface area contributed by atoms with E-state index in [1.807, 2.05) is 48.5 Å². The van der Waals surface area contributed by atoms with E-state index in [0.29, 0.717) is 12.1 Å². The van der Waals surface area contributed by atoms with Crippen LogP contribution in [0.1, 0.15) is 30.4 Å². The van der Waals surface area contributed by atoms with Crippen LogP contribution in [0.15, 0.2) is 76.9 Å². The fourth-order valence-electron chi connectivity index (χ4n) is 4.65. The van der Waals surface area contributed by atoms with Gasteiger partial charge in [0.2, 0.25) is 5.88 Å². The maximum Gasteiger partial charge on any atom is 0.205 e. The number of nitriles is 1. The standard InChI is InChI=1S/C27H29N3O3/c1-4-13-30-16-19(14-18-9-5-7-11-23(18)31-2)26-22(17-30)25(21(15-28)27(29)33-26)20-10-6-8-12-24(20)32-3/h5-12,14,25H,4,13,16-17,29H2,1-3H3/b19-14+. The molecular formula is C27H29N3O3. The third-order valence-electron chi connectivity index (χ3n) is 6.06. The van der Waals surface area contributed by atoms with Crippen LogP contribution in [0, 0.1) is 11.3 Å². The molecule has 0 saturated heterocycles. The monoisotopic (exact) mass is 443 g/mol. The van der Waals surface area contributed by atoms with Crippen LogP contribution in [0.2, 0.25) is 0 Å².